The highest BCUT2D eigenvalue weighted by molar-refractivity contribution is 6.00. The maximum atomic E-state index is 15.4. The fourth-order valence-corrected chi connectivity index (χ4v) is 12.8. The first kappa shape index (κ1) is 85.8. The number of rotatable bonds is 19. The van der Waals surface area contributed by atoms with Crippen molar-refractivity contribution in [3.05, 3.63) is 12.2 Å². The highest BCUT2D eigenvalue weighted by atomic mass is 16.5. The van der Waals surface area contributed by atoms with Crippen LogP contribution in [0, 0.1) is 41.4 Å². The van der Waals surface area contributed by atoms with Crippen LogP contribution in [0.15, 0.2) is 12.2 Å². The van der Waals surface area contributed by atoms with E-state index in [1.165, 1.54) is 107 Å². The number of aliphatic hydroxyl groups excluding tert-OH is 1. The molecule has 0 saturated carbocycles. The van der Waals surface area contributed by atoms with Gasteiger partial charge in [-0.05, 0) is 102 Å². The van der Waals surface area contributed by atoms with Gasteiger partial charge in [0, 0.05) is 81.4 Å². The Hall–Kier alpha value is -6.25. The van der Waals surface area contributed by atoms with Crippen LogP contribution >= 0.6 is 0 Å². The zero-order valence-electron chi connectivity index (χ0n) is 63.3. The molecule has 15 atom stereocenters. The number of ether oxygens (including phenoxy) is 2. The third kappa shape index (κ3) is 22.9. The molecule has 0 radical (unpaired) electrons. The number of carbonyl (C=O) groups excluding carboxylic acids is 11. The highest BCUT2D eigenvalue weighted by Crippen LogP contribution is 2.27. The van der Waals surface area contributed by atoms with Crippen LogP contribution in [0.1, 0.15) is 157 Å². The molecule has 2 heterocycles. The Labute approximate surface area is 575 Å². The normalized spacial score (nSPS) is 28.3. The Morgan fingerprint density at radius 3 is 1.47 bits per heavy atom. The molecule has 0 spiro atoms. The number of aliphatic hydroxyl groups is 1. The SMILES string of the molecule is C/C=C/C[C@@H](C)[C@@H](O)[C@H]1C(=O)N(C)[C@@H](CC)C(=O)N(C)[C@H](C)C(=O)N(C)[C@@H]([C@H](C)COCCN2CCOC[C@@H]2C)C(=O)N[C@@H](C(C)C)C(=O)N(C)[C@@H](CC(C)C)C(=O)N[C@@H](C)C(=O)N[C@H](C)C(=O)N(C)[C@@H](CC(C)C)C(=O)N(C)[C@@H](CC(C)C)C(=O)N(C)[C@@H](C(C)C)C(=O)N1C. The lowest BCUT2D eigenvalue weighted by Gasteiger charge is -2.43. The molecule has 2 rings (SSSR count). The Balaban J connectivity index is 3.06. The minimum Gasteiger partial charge on any atom is -0.390 e. The molecule has 4 N–H and O–H groups in total. The Morgan fingerprint density at radius 1 is 0.510 bits per heavy atom. The van der Waals surface area contributed by atoms with Gasteiger partial charge in [-0.25, -0.2) is 0 Å². The zero-order chi connectivity index (χ0) is 73.8. The van der Waals surface area contributed by atoms with E-state index in [4.69, 9.17) is 9.47 Å². The lowest BCUT2D eigenvalue weighted by molar-refractivity contribution is -0.161. The summed E-state index contributed by atoms with van der Waals surface area (Å²) in [5.74, 6) is -10.5. The average molecular weight is 1360 g/mol. The zero-order valence-corrected chi connectivity index (χ0v) is 63.3. The first-order valence-electron chi connectivity index (χ1n) is 34.8. The summed E-state index contributed by atoms with van der Waals surface area (Å²) in [4.78, 5) is 176. The molecule has 0 aromatic rings. The van der Waals surface area contributed by atoms with Gasteiger partial charge in [0.05, 0.1) is 32.5 Å². The van der Waals surface area contributed by atoms with Crippen molar-refractivity contribution in [3.63, 3.8) is 0 Å². The number of likely N-dealkylation sites (N-methyl/N-ethyl adjacent to an activating group) is 8. The monoisotopic (exact) mass is 1360 g/mol. The maximum absolute atomic E-state index is 15.4. The number of nitrogens with zero attached hydrogens (tertiary/aromatic N) is 9. The van der Waals surface area contributed by atoms with E-state index in [-0.39, 0.29) is 62.7 Å². The van der Waals surface area contributed by atoms with Gasteiger partial charge >= 0.3 is 0 Å². The molecular formula is C70H126N12O14. The molecule has 2 aliphatic heterocycles. The number of allylic oxidation sites excluding steroid dienone is 2. The highest BCUT2D eigenvalue weighted by Gasteiger charge is 2.47. The molecule has 2 fully saturated rings. The largest absolute Gasteiger partial charge is 0.390 e. The molecule has 2 saturated heterocycles. The molecule has 0 unspecified atom stereocenters. The Kier molecular flexibility index (Phi) is 35.2. The number of carbonyl (C=O) groups is 11. The topological polar surface area (TPSA) is 292 Å². The number of morpholine rings is 1. The van der Waals surface area contributed by atoms with Crippen LogP contribution in [-0.2, 0) is 62.2 Å². The first-order valence-corrected chi connectivity index (χ1v) is 34.8. The molecule has 0 bridgehead atoms. The van der Waals surface area contributed by atoms with Crippen molar-refractivity contribution in [2.75, 3.05) is 95.9 Å². The molecule has 11 amide bonds. The van der Waals surface area contributed by atoms with Gasteiger partial charge in [-0.1, -0.05) is 102 Å². The van der Waals surface area contributed by atoms with Crippen molar-refractivity contribution >= 4 is 65.0 Å². The molecule has 550 valence electrons. The molecule has 96 heavy (non-hydrogen) atoms. The minimum absolute atomic E-state index is 0.00915. The van der Waals surface area contributed by atoms with Gasteiger partial charge in [0.25, 0.3) is 0 Å². The van der Waals surface area contributed by atoms with E-state index in [1.807, 2.05) is 54.5 Å². The van der Waals surface area contributed by atoms with Crippen LogP contribution in [0.5, 0.6) is 0 Å². The molecular weight excluding hydrogens is 1230 g/mol. The number of hydrogen-bond donors (Lipinski definition) is 4. The van der Waals surface area contributed by atoms with Crippen molar-refractivity contribution in [2.24, 2.45) is 41.4 Å². The Morgan fingerprint density at radius 2 is 0.969 bits per heavy atom. The molecule has 2 aliphatic rings. The van der Waals surface area contributed by atoms with Crippen molar-refractivity contribution in [2.45, 2.75) is 235 Å². The fourth-order valence-electron chi connectivity index (χ4n) is 12.8. The lowest BCUT2D eigenvalue weighted by Crippen LogP contribution is -2.64. The number of amides is 11. The van der Waals surface area contributed by atoms with Gasteiger partial charge in [0.15, 0.2) is 0 Å². The van der Waals surface area contributed by atoms with Gasteiger partial charge in [-0.3, -0.25) is 57.6 Å². The molecule has 0 aliphatic carbocycles. The minimum atomic E-state index is -1.63. The van der Waals surface area contributed by atoms with Crippen LogP contribution in [0.3, 0.4) is 0 Å². The van der Waals surface area contributed by atoms with Crippen molar-refractivity contribution in [1.29, 1.82) is 0 Å². The van der Waals surface area contributed by atoms with E-state index in [9.17, 15) is 24.3 Å². The quantitative estimate of drug-likeness (QED) is 0.107. The predicted octanol–water partition coefficient (Wildman–Crippen LogP) is 3.33. The van der Waals surface area contributed by atoms with E-state index in [2.05, 4.69) is 27.8 Å². The second-order valence-corrected chi connectivity index (χ2v) is 29.2. The summed E-state index contributed by atoms with van der Waals surface area (Å²) in [6, 6.07) is -13.9. The smallest absolute Gasteiger partial charge is 0.248 e. The van der Waals surface area contributed by atoms with E-state index < -0.39 is 161 Å². The fraction of sp³-hybridized carbons (Fsp3) is 0.814. The van der Waals surface area contributed by atoms with Crippen molar-refractivity contribution in [3.8, 4) is 0 Å². The average Bonchev–Trinajstić information content (AvgIpc) is 0.808. The van der Waals surface area contributed by atoms with E-state index in [1.54, 1.807) is 54.5 Å². The third-order valence-electron chi connectivity index (χ3n) is 19.2. The molecule has 0 aromatic heterocycles. The van der Waals surface area contributed by atoms with Crippen molar-refractivity contribution in [1.82, 2.24) is 60.0 Å². The Bertz CT molecular complexity index is 2640. The number of hydrogen-bond acceptors (Lipinski definition) is 15. The van der Waals surface area contributed by atoms with Gasteiger partial charge in [0.2, 0.25) is 65.0 Å². The van der Waals surface area contributed by atoms with Crippen LogP contribution in [0.25, 0.3) is 0 Å². The summed E-state index contributed by atoms with van der Waals surface area (Å²) in [6.45, 7) is 34.2. The summed E-state index contributed by atoms with van der Waals surface area (Å²) in [6.07, 6.45) is 2.82. The van der Waals surface area contributed by atoms with E-state index in [0.29, 0.717) is 32.7 Å². The summed E-state index contributed by atoms with van der Waals surface area (Å²) >= 11 is 0. The van der Waals surface area contributed by atoms with Crippen LogP contribution in [0.2, 0.25) is 0 Å². The molecule has 0 aromatic carbocycles. The van der Waals surface area contributed by atoms with Gasteiger partial charge in [-0.2, -0.15) is 0 Å². The van der Waals surface area contributed by atoms with E-state index in [0.717, 1.165) is 9.80 Å². The molecule has 26 nitrogen and oxygen atoms in total. The summed E-state index contributed by atoms with van der Waals surface area (Å²) in [7, 11) is 11.4. The summed E-state index contributed by atoms with van der Waals surface area (Å²) in [5, 5.41) is 20.7. The number of nitrogens with one attached hydrogen (secondary N) is 3. The van der Waals surface area contributed by atoms with Crippen molar-refractivity contribution < 1.29 is 67.3 Å². The van der Waals surface area contributed by atoms with Gasteiger partial charge < -0.3 is 69.7 Å². The van der Waals surface area contributed by atoms with Crippen LogP contribution < -0.4 is 16.0 Å². The van der Waals surface area contributed by atoms with Gasteiger partial charge in [-0.15, -0.1) is 0 Å². The van der Waals surface area contributed by atoms with Crippen LogP contribution in [-0.4, -0.2) is 289 Å². The third-order valence-corrected chi connectivity index (χ3v) is 19.2. The summed E-state index contributed by atoms with van der Waals surface area (Å²) < 4.78 is 11.8. The first-order chi connectivity index (χ1) is 44.5. The summed E-state index contributed by atoms with van der Waals surface area (Å²) in [5.41, 5.74) is 0. The second-order valence-electron chi connectivity index (χ2n) is 29.2. The standard InChI is InChI=1S/C70H126N12O14/c1-27-29-30-45(13)59(83)58-70(94)75(20)51(28-2)65(89)74(19)50(18)64(88)80(25)57(46(14)38-95-33-31-82-32-34-96-39-47(82)15)62(86)73-55(43(9)10)68(92)76(21)52(35-40(3)4)61(85)71-48(16)60(84)72-49(17)63(87)77(22)53(36-41(5)6)66(90)78(23)54(37-42(7)8)67(91)79(24)56(44(11)12)69(93)81(58)26/h27,29,40-59,83H,28,30-39H2,1-26H3,(H,71,85)(H,72,84)(H,73,86)/b29-27+/t45-,46-,47+,48+,49-,50-,51+,52+,53+,54+,55+,56+,57+,58+,59-/m1/s1. The predicted molar refractivity (Wildman–Crippen MR) is 370 cm³/mol. The molecule has 26 heteroatoms. The van der Waals surface area contributed by atoms with Crippen LogP contribution in [0.4, 0.5) is 0 Å². The second kappa shape index (κ2) is 39.4. The lowest BCUT2D eigenvalue weighted by atomic mass is 9.91. The maximum Gasteiger partial charge on any atom is 0.248 e. The van der Waals surface area contributed by atoms with Gasteiger partial charge in [0.1, 0.15) is 66.5 Å². The van der Waals surface area contributed by atoms with E-state index >= 15 is 33.6 Å².